The molecule has 0 fully saturated rings. The van der Waals surface area contributed by atoms with Gasteiger partial charge in [0.1, 0.15) is 0 Å². The van der Waals surface area contributed by atoms with Gasteiger partial charge < -0.3 is 10.6 Å². The van der Waals surface area contributed by atoms with E-state index in [1.807, 2.05) is 36.6 Å². The van der Waals surface area contributed by atoms with E-state index >= 15 is 0 Å². The van der Waals surface area contributed by atoms with E-state index in [-0.39, 0.29) is 5.91 Å². The van der Waals surface area contributed by atoms with Gasteiger partial charge in [-0.3, -0.25) is 4.79 Å². The first-order valence-electron chi connectivity index (χ1n) is 6.04. The van der Waals surface area contributed by atoms with Crippen LogP contribution < -0.4 is 5.73 Å². The third-order valence-electron chi connectivity index (χ3n) is 2.89. The monoisotopic (exact) mass is 275 g/mol. The number of thiazole rings is 1. The van der Waals surface area contributed by atoms with Crippen LogP contribution in [0.2, 0.25) is 0 Å². The number of rotatable bonds is 4. The molecule has 5 heteroatoms. The Labute approximate surface area is 116 Å². The summed E-state index contributed by atoms with van der Waals surface area (Å²) in [6.07, 6.45) is 0.326. The molecule has 0 atom stereocenters. The van der Waals surface area contributed by atoms with Crippen molar-refractivity contribution in [1.29, 1.82) is 0 Å². The van der Waals surface area contributed by atoms with Crippen molar-refractivity contribution in [3.63, 3.8) is 0 Å². The van der Waals surface area contributed by atoms with Crippen LogP contribution in [-0.2, 0) is 17.8 Å². The number of hydrogen-bond donors (Lipinski definition) is 1. The Balaban J connectivity index is 1.98. The van der Waals surface area contributed by atoms with Crippen LogP contribution in [0.5, 0.6) is 0 Å². The zero-order valence-corrected chi connectivity index (χ0v) is 11.9. The predicted octanol–water partition coefficient (Wildman–Crippen LogP) is 2.23. The molecule has 0 spiro atoms. The largest absolute Gasteiger partial charge is 0.398 e. The predicted molar refractivity (Wildman–Crippen MR) is 77.9 cm³/mol. The van der Waals surface area contributed by atoms with Crippen LogP contribution in [0.15, 0.2) is 29.6 Å². The van der Waals surface area contributed by atoms with E-state index in [0.29, 0.717) is 18.7 Å². The third kappa shape index (κ3) is 3.54. The Bertz CT molecular complexity index is 580. The number of anilines is 1. The average Bonchev–Trinajstić information content (AvgIpc) is 2.77. The number of benzene rings is 1. The van der Waals surface area contributed by atoms with E-state index in [4.69, 9.17) is 5.73 Å². The lowest BCUT2D eigenvalue weighted by Gasteiger charge is -2.16. The number of hydrogen-bond acceptors (Lipinski definition) is 4. The van der Waals surface area contributed by atoms with Gasteiger partial charge in [-0.1, -0.05) is 18.2 Å². The molecule has 0 radical (unpaired) electrons. The zero-order chi connectivity index (χ0) is 13.8. The van der Waals surface area contributed by atoms with Crippen molar-refractivity contribution in [2.75, 3.05) is 12.8 Å². The fourth-order valence-corrected chi connectivity index (χ4v) is 2.41. The molecule has 2 N–H and O–H groups in total. The quantitative estimate of drug-likeness (QED) is 0.871. The maximum absolute atomic E-state index is 12.1. The molecule has 2 aromatic rings. The second-order valence-electron chi connectivity index (χ2n) is 4.48. The minimum atomic E-state index is 0.0450. The van der Waals surface area contributed by atoms with Crippen molar-refractivity contribution < 1.29 is 4.79 Å². The first-order valence-corrected chi connectivity index (χ1v) is 6.92. The van der Waals surface area contributed by atoms with Gasteiger partial charge in [-0.15, -0.1) is 11.3 Å². The number of nitrogen functional groups attached to an aromatic ring is 1. The van der Waals surface area contributed by atoms with Crippen LogP contribution in [0.1, 0.15) is 16.3 Å². The number of aromatic nitrogens is 1. The van der Waals surface area contributed by atoms with Gasteiger partial charge in [0, 0.05) is 18.1 Å². The molecule has 1 aromatic heterocycles. The molecule has 0 aliphatic carbocycles. The maximum atomic E-state index is 12.1. The van der Waals surface area contributed by atoms with Gasteiger partial charge in [0.05, 0.1) is 23.7 Å². The Kier molecular flexibility index (Phi) is 4.16. The molecular weight excluding hydrogens is 258 g/mol. The number of carbonyl (C=O) groups excluding carboxylic acids is 1. The first kappa shape index (κ1) is 13.5. The highest BCUT2D eigenvalue weighted by Crippen LogP contribution is 2.14. The van der Waals surface area contributed by atoms with E-state index in [1.165, 1.54) is 0 Å². The average molecular weight is 275 g/mol. The number of carbonyl (C=O) groups is 1. The highest BCUT2D eigenvalue weighted by molar-refractivity contribution is 7.09. The van der Waals surface area contributed by atoms with E-state index in [2.05, 4.69) is 4.98 Å². The zero-order valence-electron chi connectivity index (χ0n) is 11.1. The van der Waals surface area contributed by atoms with Crippen LogP contribution >= 0.6 is 11.3 Å². The molecule has 0 aliphatic heterocycles. The summed E-state index contributed by atoms with van der Waals surface area (Å²) in [7, 11) is 1.79. The fraction of sp³-hybridized carbons (Fsp3) is 0.286. The summed E-state index contributed by atoms with van der Waals surface area (Å²) < 4.78 is 0. The van der Waals surface area contributed by atoms with Crippen molar-refractivity contribution in [2.45, 2.75) is 19.9 Å². The van der Waals surface area contributed by atoms with Crippen LogP contribution in [0.3, 0.4) is 0 Å². The Morgan fingerprint density at radius 2 is 2.16 bits per heavy atom. The summed E-state index contributed by atoms with van der Waals surface area (Å²) in [6.45, 7) is 2.50. The molecule has 2 rings (SSSR count). The minimum absolute atomic E-state index is 0.0450. The first-order chi connectivity index (χ1) is 9.06. The van der Waals surface area contributed by atoms with Gasteiger partial charge in [0.15, 0.2) is 0 Å². The lowest BCUT2D eigenvalue weighted by Crippen LogP contribution is -2.28. The number of nitrogens with zero attached hydrogens (tertiary/aromatic N) is 2. The summed E-state index contributed by atoms with van der Waals surface area (Å²) in [5.41, 5.74) is 8.30. The lowest BCUT2D eigenvalue weighted by atomic mass is 10.1. The van der Waals surface area contributed by atoms with Gasteiger partial charge in [-0.05, 0) is 18.6 Å². The number of nitrogens with two attached hydrogens (primary N) is 1. The van der Waals surface area contributed by atoms with Crippen molar-refractivity contribution >= 4 is 22.9 Å². The Morgan fingerprint density at radius 3 is 2.79 bits per heavy atom. The smallest absolute Gasteiger partial charge is 0.227 e. The Morgan fingerprint density at radius 1 is 1.42 bits per heavy atom. The van der Waals surface area contributed by atoms with Gasteiger partial charge >= 0.3 is 0 Å². The second kappa shape index (κ2) is 5.84. The summed E-state index contributed by atoms with van der Waals surface area (Å²) >= 11 is 1.60. The number of para-hydroxylation sites is 1. The maximum Gasteiger partial charge on any atom is 0.227 e. The van der Waals surface area contributed by atoms with Crippen LogP contribution in [0.25, 0.3) is 0 Å². The molecule has 100 valence electrons. The van der Waals surface area contributed by atoms with Crippen LogP contribution in [0.4, 0.5) is 5.69 Å². The van der Waals surface area contributed by atoms with Crippen molar-refractivity contribution in [3.05, 3.63) is 45.9 Å². The van der Waals surface area contributed by atoms with Gasteiger partial charge in [-0.2, -0.15) is 0 Å². The van der Waals surface area contributed by atoms with Crippen molar-refractivity contribution in [2.24, 2.45) is 0 Å². The van der Waals surface area contributed by atoms with Crippen LogP contribution in [-0.4, -0.2) is 22.8 Å². The lowest BCUT2D eigenvalue weighted by molar-refractivity contribution is -0.129. The highest BCUT2D eigenvalue weighted by atomic mass is 32.1. The summed E-state index contributed by atoms with van der Waals surface area (Å²) in [5, 5.41) is 3.00. The summed E-state index contributed by atoms with van der Waals surface area (Å²) in [6, 6.07) is 7.45. The molecule has 0 aliphatic rings. The van der Waals surface area contributed by atoms with Gasteiger partial charge in [0.2, 0.25) is 5.91 Å². The normalized spacial score (nSPS) is 10.4. The van der Waals surface area contributed by atoms with E-state index in [9.17, 15) is 4.79 Å². The number of amides is 1. The fourth-order valence-electron chi connectivity index (χ4n) is 1.81. The molecule has 1 aromatic carbocycles. The van der Waals surface area contributed by atoms with E-state index in [1.54, 1.807) is 23.3 Å². The molecular formula is C14H17N3OS. The summed E-state index contributed by atoms with van der Waals surface area (Å²) in [5.74, 6) is 0.0450. The number of aryl methyl sites for hydroxylation is 1. The molecule has 1 amide bonds. The standard InChI is InChI=1S/C14H17N3OS/c1-10-16-12(9-19-10)8-17(2)14(18)7-11-5-3-4-6-13(11)15/h3-6,9H,7-8,15H2,1-2H3. The van der Waals surface area contributed by atoms with Gasteiger partial charge in [-0.25, -0.2) is 4.98 Å². The molecule has 4 nitrogen and oxygen atoms in total. The van der Waals surface area contributed by atoms with E-state index < -0.39 is 0 Å². The van der Waals surface area contributed by atoms with E-state index in [0.717, 1.165) is 16.3 Å². The molecule has 1 heterocycles. The topological polar surface area (TPSA) is 59.2 Å². The Hall–Kier alpha value is -1.88. The molecule has 0 saturated carbocycles. The SMILES string of the molecule is Cc1nc(CN(C)C(=O)Cc2ccccc2N)cs1. The summed E-state index contributed by atoms with van der Waals surface area (Å²) in [4.78, 5) is 18.2. The van der Waals surface area contributed by atoms with Gasteiger partial charge in [0.25, 0.3) is 0 Å². The third-order valence-corrected chi connectivity index (χ3v) is 3.71. The molecule has 0 unspecified atom stereocenters. The second-order valence-corrected chi connectivity index (χ2v) is 5.55. The highest BCUT2D eigenvalue weighted by Gasteiger charge is 2.12. The van der Waals surface area contributed by atoms with Crippen LogP contribution in [0, 0.1) is 6.92 Å². The minimum Gasteiger partial charge on any atom is -0.398 e. The van der Waals surface area contributed by atoms with Crippen molar-refractivity contribution in [3.8, 4) is 0 Å². The molecule has 19 heavy (non-hydrogen) atoms. The van der Waals surface area contributed by atoms with Crippen molar-refractivity contribution in [1.82, 2.24) is 9.88 Å². The molecule has 0 bridgehead atoms. The number of likely N-dealkylation sites (N-methyl/N-ethyl adjacent to an activating group) is 1. The molecule has 0 saturated heterocycles.